The molecule has 1 aromatic heterocycles. The van der Waals surface area contributed by atoms with Crippen molar-refractivity contribution < 1.29 is 5.11 Å². The Labute approximate surface area is 104 Å². The fourth-order valence-corrected chi connectivity index (χ4v) is 2.50. The van der Waals surface area contributed by atoms with E-state index in [-0.39, 0.29) is 0 Å². The fourth-order valence-electron chi connectivity index (χ4n) is 2.50. The zero-order chi connectivity index (χ0) is 12.5. The van der Waals surface area contributed by atoms with E-state index in [1.807, 2.05) is 0 Å². The van der Waals surface area contributed by atoms with Crippen molar-refractivity contribution in [1.29, 1.82) is 0 Å². The van der Waals surface area contributed by atoms with Gasteiger partial charge in [-0.25, -0.2) is 0 Å². The minimum atomic E-state index is 0.325. The second-order valence-corrected chi connectivity index (χ2v) is 5.53. The molecule has 3 nitrogen and oxygen atoms in total. The van der Waals surface area contributed by atoms with Crippen molar-refractivity contribution >= 4 is 0 Å². The molecule has 3 heteroatoms. The van der Waals surface area contributed by atoms with Crippen LogP contribution in [0.5, 0.6) is 0 Å². The molecule has 96 valence electrons. The molecule has 1 aromatic rings. The van der Waals surface area contributed by atoms with Crippen LogP contribution >= 0.6 is 0 Å². The zero-order valence-electron chi connectivity index (χ0n) is 11.2. The number of nitrogens with zero attached hydrogens (tertiary/aromatic N) is 1. The van der Waals surface area contributed by atoms with Gasteiger partial charge in [0.15, 0.2) is 0 Å². The highest BCUT2D eigenvalue weighted by Gasteiger charge is 2.41. The number of nitrogens with one attached hydrogen (secondary N) is 1. The van der Waals surface area contributed by atoms with E-state index in [1.165, 1.54) is 29.8 Å². The molecule has 0 atom stereocenters. The lowest BCUT2D eigenvalue weighted by Gasteiger charge is -2.14. The van der Waals surface area contributed by atoms with Crippen LogP contribution in [0, 0.1) is 19.3 Å². The smallest absolute Gasteiger partial charge is 0.0436 e. The van der Waals surface area contributed by atoms with Crippen LogP contribution in [0.1, 0.15) is 36.2 Å². The summed E-state index contributed by atoms with van der Waals surface area (Å²) in [4.78, 5) is 0. The molecule has 1 saturated carbocycles. The van der Waals surface area contributed by atoms with E-state index < -0.39 is 0 Å². The third-order valence-corrected chi connectivity index (χ3v) is 4.29. The van der Waals surface area contributed by atoms with Gasteiger partial charge in [0.2, 0.25) is 0 Å². The first-order chi connectivity index (χ1) is 8.08. The molecule has 1 aliphatic rings. The van der Waals surface area contributed by atoms with E-state index >= 15 is 0 Å². The summed E-state index contributed by atoms with van der Waals surface area (Å²) in [6.45, 7) is 6.63. The van der Waals surface area contributed by atoms with Crippen molar-refractivity contribution in [3.63, 3.8) is 0 Å². The van der Waals surface area contributed by atoms with Crippen molar-refractivity contribution in [1.82, 2.24) is 9.88 Å². The van der Waals surface area contributed by atoms with Gasteiger partial charge in [0.1, 0.15) is 0 Å². The molecule has 0 unspecified atom stereocenters. The standard InChI is InChI=1S/C14H24N2O/c1-11-8-13(12(2)16(11)3)9-15-10-14(4-5-14)6-7-17/h8,15,17H,4-7,9-10H2,1-3H3. The second kappa shape index (κ2) is 4.83. The Bertz CT molecular complexity index is 391. The van der Waals surface area contributed by atoms with E-state index in [0.29, 0.717) is 12.0 Å². The Morgan fingerprint density at radius 2 is 2.12 bits per heavy atom. The Morgan fingerprint density at radius 3 is 2.59 bits per heavy atom. The number of aliphatic hydroxyl groups excluding tert-OH is 1. The minimum absolute atomic E-state index is 0.325. The monoisotopic (exact) mass is 236 g/mol. The van der Waals surface area contributed by atoms with Gasteiger partial charge in [-0.3, -0.25) is 0 Å². The molecule has 17 heavy (non-hydrogen) atoms. The highest BCUT2D eigenvalue weighted by atomic mass is 16.3. The summed E-state index contributed by atoms with van der Waals surface area (Å²) in [6.07, 6.45) is 3.49. The number of rotatable bonds is 6. The topological polar surface area (TPSA) is 37.2 Å². The maximum Gasteiger partial charge on any atom is 0.0436 e. The zero-order valence-corrected chi connectivity index (χ0v) is 11.2. The normalized spacial score (nSPS) is 17.4. The molecule has 2 rings (SSSR count). The van der Waals surface area contributed by atoms with Gasteiger partial charge >= 0.3 is 0 Å². The van der Waals surface area contributed by atoms with Gasteiger partial charge in [-0.2, -0.15) is 0 Å². The van der Waals surface area contributed by atoms with Gasteiger partial charge in [-0.05, 0) is 50.2 Å². The summed E-state index contributed by atoms with van der Waals surface area (Å²) in [5.41, 5.74) is 4.47. The first-order valence-electron chi connectivity index (χ1n) is 6.51. The van der Waals surface area contributed by atoms with Crippen molar-refractivity contribution in [3.05, 3.63) is 23.0 Å². The number of aromatic nitrogens is 1. The highest BCUT2D eigenvalue weighted by Crippen LogP contribution is 2.47. The quantitative estimate of drug-likeness (QED) is 0.791. The largest absolute Gasteiger partial charge is 0.396 e. The molecule has 1 heterocycles. The summed E-state index contributed by atoms with van der Waals surface area (Å²) in [5, 5.41) is 12.6. The molecule has 0 amide bonds. The predicted molar refractivity (Wildman–Crippen MR) is 70.0 cm³/mol. The molecule has 0 spiro atoms. The van der Waals surface area contributed by atoms with Gasteiger partial charge in [-0.1, -0.05) is 0 Å². The number of hydrogen-bond acceptors (Lipinski definition) is 2. The number of aryl methyl sites for hydroxylation is 1. The van der Waals surface area contributed by atoms with Gasteiger partial charge in [0, 0.05) is 38.1 Å². The lowest BCUT2D eigenvalue weighted by Crippen LogP contribution is -2.24. The lowest BCUT2D eigenvalue weighted by atomic mass is 10.0. The van der Waals surface area contributed by atoms with E-state index in [9.17, 15) is 0 Å². The van der Waals surface area contributed by atoms with Crippen LogP contribution in [0.3, 0.4) is 0 Å². The van der Waals surface area contributed by atoms with Gasteiger partial charge in [-0.15, -0.1) is 0 Å². The van der Waals surface area contributed by atoms with Gasteiger partial charge in [0.05, 0.1) is 0 Å². The molecule has 0 radical (unpaired) electrons. The molecule has 1 aliphatic carbocycles. The molecule has 2 N–H and O–H groups in total. The van der Waals surface area contributed by atoms with Crippen LogP contribution in [-0.2, 0) is 13.6 Å². The minimum Gasteiger partial charge on any atom is -0.396 e. The summed E-state index contributed by atoms with van der Waals surface area (Å²) >= 11 is 0. The lowest BCUT2D eigenvalue weighted by molar-refractivity contribution is 0.245. The molecule has 0 aromatic carbocycles. The summed E-state index contributed by atoms with van der Waals surface area (Å²) < 4.78 is 2.23. The molecule has 0 saturated heterocycles. The highest BCUT2D eigenvalue weighted by molar-refractivity contribution is 5.26. The molecule has 0 aliphatic heterocycles. The molecule has 1 fully saturated rings. The van der Waals surface area contributed by atoms with E-state index in [4.69, 9.17) is 5.11 Å². The predicted octanol–water partition coefficient (Wildman–Crippen LogP) is 1.89. The third-order valence-electron chi connectivity index (χ3n) is 4.29. The first-order valence-corrected chi connectivity index (χ1v) is 6.51. The maximum absolute atomic E-state index is 9.01. The van der Waals surface area contributed by atoms with Crippen LogP contribution in [0.4, 0.5) is 0 Å². The summed E-state index contributed by atoms with van der Waals surface area (Å²) in [6, 6.07) is 2.26. The summed E-state index contributed by atoms with van der Waals surface area (Å²) in [7, 11) is 2.11. The van der Waals surface area contributed by atoms with Crippen LogP contribution in [0.25, 0.3) is 0 Å². The maximum atomic E-state index is 9.01. The van der Waals surface area contributed by atoms with Gasteiger partial charge in [0.25, 0.3) is 0 Å². The SMILES string of the molecule is Cc1cc(CNCC2(CCO)CC2)c(C)n1C. The Morgan fingerprint density at radius 1 is 1.41 bits per heavy atom. The molecular weight excluding hydrogens is 212 g/mol. The number of hydrogen-bond donors (Lipinski definition) is 2. The third kappa shape index (κ3) is 2.72. The van der Waals surface area contributed by atoms with Crippen molar-refractivity contribution in [2.75, 3.05) is 13.2 Å². The average molecular weight is 236 g/mol. The fraction of sp³-hybridized carbons (Fsp3) is 0.714. The first kappa shape index (κ1) is 12.7. The Hall–Kier alpha value is -0.800. The van der Waals surface area contributed by atoms with Gasteiger partial charge < -0.3 is 15.0 Å². The van der Waals surface area contributed by atoms with E-state index in [2.05, 4.69) is 36.8 Å². The van der Waals surface area contributed by atoms with Crippen LogP contribution in [0.2, 0.25) is 0 Å². The molecular formula is C14H24N2O. The molecule has 0 bridgehead atoms. The van der Waals surface area contributed by atoms with Crippen LogP contribution < -0.4 is 5.32 Å². The van der Waals surface area contributed by atoms with Crippen molar-refractivity contribution in [2.45, 2.75) is 39.7 Å². The Kier molecular flexibility index (Phi) is 3.59. The van der Waals surface area contributed by atoms with Crippen molar-refractivity contribution in [2.24, 2.45) is 12.5 Å². The average Bonchev–Trinajstić information content (AvgIpc) is 3.01. The second-order valence-electron chi connectivity index (χ2n) is 5.53. The van der Waals surface area contributed by atoms with E-state index in [0.717, 1.165) is 19.5 Å². The van der Waals surface area contributed by atoms with Crippen LogP contribution in [0.15, 0.2) is 6.07 Å². The number of aliphatic hydroxyl groups is 1. The summed E-state index contributed by atoms with van der Waals surface area (Å²) in [5.74, 6) is 0. The van der Waals surface area contributed by atoms with E-state index in [1.54, 1.807) is 0 Å². The van der Waals surface area contributed by atoms with Crippen molar-refractivity contribution in [3.8, 4) is 0 Å². The van der Waals surface area contributed by atoms with Crippen LogP contribution in [-0.4, -0.2) is 22.8 Å². The Balaban J connectivity index is 1.84.